The van der Waals surface area contributed by atoms with Crippen LogP contribution in [0.1, 0.15) is 36.1 Å². The molecule has 0 aromatic heterocycles. The lowest BCUT2D eigenvalue weighted by Crippen LogP contribution is -2.44. The second-order valence-electron chi connectivity index (χ2n) is 6.82. The first kappa shape index (κ1) is 16.5. The largest absolute Gasteiger partial charge is 0.318 e. The summed E-state index contributed by atoms with van der Waals surface area (Å²) in [6, 6.07) is 10.7. The van der Waals surface area contributed by atoms with Crippen LogP contribution < -0.4 is 0 Å². The van der Waals surface area contributed by atoms with Crippen molar-refractivity contribution in [1.29, 1.82) is 0 Å². The predicted molar refractivity (Wildman–Crippen MR) is 95.9 cm³/mol. The van der Waals surface area contributed by atoms with Crippen LogP contribution in [0.2, 0.25) is 0 Å². The second kappa shape index (κ2) is 6.10. The number of benzene rings is 2. The average molecular weight is 349 g/mol. The van der Waals surface area contributed by atoms with Crippen molar-refractivity contribution in [3.63, 3.8) is 0 Å². The predicted octanol–water partition coefficient (Wildman–Crippen LogP) is 4.27. The van der Waals surface area contributed by atoms with Crippen LogP contribution in [0, 0.1) is 24.0 Å². The Morgan fingerprint density at radius 3 is 2.73 bits per heavy atom. The number of nitrogens with zero attached hydrogens (tertiary/aromatic N) is 1. The van der Waals surface area contributed by atoms with Gasteiger partial charge >= 0.3 is 0 Å². The molecule has 0 saturated carbocycles. The Morgan fingerprint density at radius 2 is 2.00 bits per heavy atom. The van der Waals surface area contributed by atoms with Crippen LogP contribution in [0.3, 0.4) is 0 Å². The fourth-order valence-corrected chi connectivity index (χ4v) is 4.23. The lowest BCUT2D eigenvalue weighted by atomic mass is 9.85. The lowest BCUT2D eigenvalue weighted by molar-refractivity contribution is -0.129. The molecule has 2 aliphatic rings. The Bertz CT molecular complexity index is 986. The number of terminal acetylenes is 1. The molecule has 1 aliphatic carbocycles. The van der Waals surface area contributed by atoms with Gasteiger partial charge in [0.05, 0.1) is 6.04 Å². The van der Waals surface area contributed by atoms with Crippen molar-refractivity contribution < 1.29 is 13.6 Å². The number of hydrogen-bond donors (Lipinski definition) is 0. The molecule has 2 nitrogen and oxygen atoms in total. The summed E-state index contributed by atoms with van der Waals surface area (Å²) >= 11 is 0. The Kier molecular flexibility index (Phi) is 3.88. The van der Waals surface area contributed by atoms with E-state index in [9.17, 15) is 13.6 Å². The van der Waals surface area contributed by atoms with Crippen molar-refractivity contribution >= 4 is 11.5 Å². The summed E-state index contributed by atoms with van der Waals surface area (Å²) in [5.74, 6) is 0.377. The minimum atomic E-state index is -0.665. The number of hydrogen-bond acceptors (Lipinski definition) is 1. The van der Waals surface area contributed by atoms with E-state index in [1.165, 1.54) is 12.1 Å². The summed E-state index contributed by atoms with van der Waals surface area (Å²) in [6.07, 6.45) is 6.68. The summed E-state index contributed by atoms with van der Waals surface area (Å²) in [6.45, 7) is 1.91. The highest BCUT2D eigenvalue weighted by atomic mass is 19.1. The van der Waals surface area contributed by atoms with E-state index < -0.39 is 23.6 Å². The Labute approximate surface area is 151 Å². The topological polar surface area (TPSA) is 20.3 Å². The molecule has 2 atom stereocenters. The van der Waals surface area contributed by atoms with Crippen LogP contribution in [-0.4, -0.2) is 16.8 Å². The number of amides is 1. The van der Waals surface area contributed by atoms with E-state index >= 15 is 0 Å². The maximum atomic E-state index is 14.6. The van der Waals surface area contributed by atoms with Crippen LogP contribution in [0.25, 0.3) is 5.57 Å². The molecule has 1 aliphatic heterocycles. The Morgan fingerprint density at radius 1 is 1.23 bits per heavy atom. The standard InChI is InChI=1S/C22H17F2NO/c1-3-21(26)25-13(2)10-18-16-7-5-4-6-14(16)11-19(18)22(25)17-9-8-15(23)12-20(17)24/h1,4-9,12-13,22H,10-11H2,2H3/t13-,22-/m0/s1. The molecule has 26 heavy (non-hydrogen) atoms. The van der Waals surface area contributed by atoms with E-state index in [1.807, 2.05) is 25.1 Å². The van der Waals surface area contributed by atoms with Gasteiger partial charge in [-0.15, -0.1) is 6.42 Å². The number of carbonyl (C=O) groups excluding carboxylic acids is 1. The Balaban J connectivity index is 1.92. The van der Waals surface area contributed by atoms with Gasteiger partial charge in [-0.05, 0) is 54.0 Å². The van der Waals surface area contributed by atoms with E-state index in [2.05, 4.69) is 12.0 Å². The number of halogens is 2. The normalized spacial score (nSPS) is 21.2. The number of fused-ring (bicyclic) bond motifs is 2. The highest BCUT2D eigenvalue weighted by Gasteiger charge is 2.41. The molecule has 2 aromatic carbocycles. The Hall–Kier alpha value is -2.93. The quantitative estimate of drug-likeness (QED) is 0.704. The van der Waals surface area contributed by atoms with Gasteiger partial charge in [0.2, 0.25) is 0 Å². The molecule has 130 valence electrons. The average Bonchev–Trinajstić information content (AvgIpc) is 2.99. The molecule has 0 N–H and O–H groups in total. The highest BCUT2D eigenvalue weighted by molar-refractivity contribution is 5.95. The van der Waals surface area contributed by atoms with Crippen LogP contribution in [0.15, 0.2) is 48.0 Å². The summed E-state index contributed by atoms with van der Waals surface area (Å²) in [7, 11) is 0. The fourth-order valence-electron chi connectivity index (χ4n) is 4.23. The first-order valence-corrected chi connectivity index (χ1v) is 8.55. The van der Waals surface area contributed by atoms with E-state index in [4.69, 9.17) is 6.42 Å². The third-order valence-corrected chi connectivity index (χ3v) is 5.31. The maximum Gasteiger partial charge on any atom is 0.299 e. The van der Waals surface area contributed by atoms with Crippen molar-refractivity contribution in [3.8, 4) is 12.3 Å². The third-order valence-electron chi connectivity index (χ3n) is 5.31. The van der Waals surface area contributed by atoms with E-state index in [0.717, 1.165) is 28.3 Å². The van der Waals surface area contributed by atoms with Gasteiger partial charge < -0.3 is 4.90 Å². The SMILES string of the molecule is C#CC(=O)N1[C@@H](c2ccc(F)cc2F)C2=C(C[C@@H]1C)c1ccccc1C2. The number of rotatable bonds is 1. The summed E-state index contributed by atoms with van der Waals surface area (Å²) in [4.78, 5) is 14.0. The van der Waals surface area contributed by atoms with Gasteiger partial charge in [-0.1, -0.05) is 30.3 Å². The molecule has 0 radical (unpaired) electrons. The molecule has 0 bridgehead atoms. The zero-order chi connectivity index (χ0) is 18.4. The highest BCUT2D eigenvalue weighted by Crippen LogP contribution is 2.48. The van der Waals surface area contributed by atoms with E-state index in [0.29, 0.717) is 12.8 Å². The first-order chi connectivity index (χ1) is 12.5. The van der Waals surface area contributed by atoms with Crippen molar-refractivity contribution in [1.82, 2.24) is 4.90 Å². The van der Waals surface area contributed by atoms with Gasteiger partial charge in [-0.3, -0.25) is 4.79 Å². The molecular formula is C22H17F2NO. The van der Waals surface area contributed by atoms with Crippen molar-refractivity contribution in [2.24, 2.45) is 0 Å². The van der Waals surface area contributed by atoms with Gasteiger partial charge in [-0.2, -0.15) is 0 Å². The van der Waals surface area contributed by atoms with Crippen LogP contribution >= 0.6 is 0 Å². The maximum absolute atomic E-state index is 14.6. The molecule has 0 spiro atoms. The van der Waals surface area contributed by atoms with E-state index in [1.54, 1.807) is 4.90 Å². The summed E-state index contributed by atoms with van der Waals surface area (Å²) in [5.41, 5.74) is 4.70. The summed E-state index contributed by atoms with van der Waals surface area (Å²) < 4.78 is 28.1. The minimum absolute atomic E-state index is 0.182. The third kappa shape index (κ3) is 2.43. The van der Waals surface area contributed by atoms with Crippen LogP contribution in [0.4, 0.5) is 8.78 Å². The molecule has 0 unspecified atom stereocenters. The molecule has 1 amide bonds. The van der Waals surface area contributed by atoms with Gasteiger partial charge in [-0.25, -0.2) is 8.78 Å². The minimum Gasteiger partial charge on any atom is -0.318 e. The van der Waals surface area contributed by atoms with Crippen molar-refractivity contribution in [2.75, 3.05) is 0 Å². The van der Waals surface area contributed by atoms with E-state index in [-0.39, 0.29) is 11.6 Å². The lowest BCUT2D eigenvalue weighted by Gasteiger charge is -2.41. The van der Waals surface area contributed by atoms with Gasteiger partial charge in [0.15, 0.2) is 0 Å². The monoisotopic (exact) mass is 349 g/mol. The smallest absolute Gasteiger partial charge is 0.299 e. The first-order valence-electron chi connectivity index (χ1n) is 8.55. The zero-order valence-corrected chi connectivity index (χ0v) is 14.3. The molecule has 0 saturated heterocycles. The molecule has 1 heterocycles. The molecule has 4 rings (SSSR count). The number of carbonyl (C=O) groups is 1. The second-order valence-corrected chi connectivity index (χ2v) is 6.82. The molecule has 0 fully saturated rings. The molecule has 4 heteroatoms. The van der Waals surface area contributed by atoms with Crippen LogP contribution in [0.5, 0.6) is 0 Å². The molecule has 2 aromatic rings. The zero-order valence-electron chi connectivity index (χ0n) is 14.3. The van der Waals surface area contributed by atoms with Crippen molar-refractivity contribution in [3.05, 3.63) is 76.4 Å². The fraction of sp³-hybridized carbons (Fsp3) is 0.227. The summed E-state index contributed by atoms with van der Waals surface area (Å²) in [5, 5.41) is 0. The van der Waals surface area contributed by atoms with Gasteiger partial charge in [0.25, 0.3) is 5.91 Å². The van der Waals surface area contributed by atoms with Gasteiger partial charge in [0.1, 0.15) is 11.6 Å². The molecular weight excluding hydrogens is 332 g/mol. The van der Waals surface area contributed by atoms with Gasteiger partial charge in [0, 0.05) is 17.7 Å². The van der Waals surface area contributed by atoms with Crippen molar-refractivity contribution in [2.45, 2.75) is 31.8 Å². The van der Waals surface area contributed by atoms with Crippen LogP contribution in [-0.2, 0) is 11.2 Å².